The van der Waals surface area contributed by atoms with E-state index in [1.165, 1.54) is 6.39 Å². The summed E-state index contributed by atoms with van der Waals surface area (Å²) >= 11 is 0. The number of rotatable bonds is 2. The largest absolute Gasteiger partial charge is 0.443 e. The van der Waals surface area contributed by atoms with Crippen molar-refractivity contribution < 1.29 is 4.42 Å². The van der Waals surface area contributed by atoms with Crippen LogP contribution in [0.15, 0.2) is 35.1 Å². The molecule has 80 valence electrons. The highest BCUT2D eigenvalue weighted by Crippen LogP contribution is 2.23. The summed E-state index contributed by atoms with van der Waals surface area (Å²) in [5.74, 6) is 0.813. The molecule has 0 atom stereocenters. The monoisotopic (exact) mass is 214 g/mol. The first-order chi connectivity index (χ1) is 7.86. The molecule has 0 saturated carbocycles. The second-order valence-corrected chi connectivity index (χ2v) is 3.45. The van der Waals surface area contributed by atoms with Crippen LogP contribution < -0.4 is 5.32 Å². The van der Waals surface area contributed by atoms with E-state index in [0.29, 0.717) is 0 Å². The number of oxazole rings is 1. The third-order valence-electron chi connectivity index (χ3n) is 2.48. The Hall–Kier alpha value is -2.30. The molecule has 1 aromatic carbocycles. The van der Waals surface area contributed by atoms with Gasteiger partial charge in [0.1, 0.15) is 11.3 Å². The van der Waals surface area contributed by atoms with Crippen LogP contribution in [0.3, 0.4) is 0 Å². The minimum absolute atomic E-state index is 0.776. The van der Waals surface area contributed by atoms with Gasteiger partial charge in [0.25, 0.3) is 0 Å². The normalized spacial score (nSPS) is 10.8. The molecule has 5 heteroatoms. The fourth-order valence-electron chi connectivity index (χ4n) is 1.62. The third-order valence-corrected chi connectivity index (χ3v) is 2.48. The molecule has 0 aliphatic heterocycles. The first-order valence-corrected chi connectivity index (χ1v) is 4.93. The lowest BCUT2D eigenvalue weighted by molar-refractivity contribution is 0.602. The van der Waals surface area contributed by atoms with E-state index in [-0.39, 0.29) is 0 Å². The predicted molar refractivity (Wildman–Crippen MR) is 61.1 cm³/mol. The van der Waals surface area contributed by atoms with E-state index < -0.39 is 0 Å². The first-order valence-electron chi connectivity index (χ1n) is 4.93. The molecular weight excluding hydrogens is 204 g/mol. The Bertz CT molecular complexity index is 625. The quantitative estimate of drug-likeness (QED) is 0.686. The van der Waals surface area contributed by atoms with Crippen molar-refractivity contribution in [1.82, 2.24) is 15.2 Å². The molecule has 0 aliphatic rings. The van der Waals surface area contributed by atoms with Crippen LogP contribution in [0.1, 0.15) is 0 Å². The number of H-pyrrole nitrogens is 1. The smallest absolute Gasteiger partial charge is 0.181 e. The summed E-state index contributed by atoms with van der Waals surface area (Å²) in [5, 5.41) is 10.0. The van der Waals surface area contributed by atoms with Crippen molar-refractivity contribution in [2.75, 3.05) is 12.4 Å². The molecule has 3 aromatic rings. The van der Waals surface area contributed by atoms with E-state index in [1.54, 1.807) is 0 Å². The molecule has 0 aliphatic carbocycles. The lowest BCUT2D eigenvalue weighted by atomic mass is 10.1. The van der Waals surface area contributed by atoms with Gasteiger partial charge in [0, 0.05) is 18.7 Å². The molecule has 5 nitrogen and oxygen atoms in total. The summed E-state index contributed by atoms with van der Waals surface area (Å²) in [6.07, 6.45) is 1.44. The van der Waals surface area contributed by atoms with Crippen LogP contribution in [0, 0.1) is 0 Å². The van der Waals surface area contributed by atoms with E-state index in [2.05, 4.69) is 20.5 Å². The molecule has 0 fully saturated rings. The molecule has 0 amide bonds. The van der Waals surface area contributed by atoms with E-state index in [4.69, 9.17) is 4.42 Å². The van der Waals surface area contributed by atoms with E-state index in [0.717, 1.165) is 28.2 Å². The maximum atomic E-state index is 5.25. The van der Waals surface area contributed by atoms with Crippen molar-refractivity contribution in [1.29, 1.82) is 0 Å². The first kappa shape index (κ1) is 8.96. The summed E-state index contributed by atoms with van der Waals surface area (Å²) in [4.78, 5) is 4.07. The van der Waals surface area contributed by atoms with Crippen LogP contribution in [0.5, 0.6) is 0 Å². The number of nitrogens with one attached hydrogen (secondary N) is 2. The fraction of sp³-hybridized carbons (Fsp3) is 0.0909. The summed E-state index contributed by atoms with van der Waals surface area (Å²) in [6, 6.07) is 7.79. The van der Waals surface area contributed by atoms with Gasteiger partial charge in [-0.2, -0.15) is 5.10 Å². The Morgan fingerprint density at radius 3 is 3.06 bits per heavy atom. The SMILES string of the molecule is CNc1cc(-c2ccc3ncoc3c2)[nH]n1. The lowest BCUT2D eigenvalue weighted by Gasteiger charge is -1.95. The average Bonchev–Trinajstić information content (AvgIpc) is 2.96. The molecule has 3 rings (SSSR count). The Labute approximate surface area is 91.5 Å². The average molecular weight is 214 g/mol. The fourth-order valence-corrected chi connectivity index (χ4v) is 1.62. The number of aromatic amines is 1. The zero-order valence-corrected chi connectivity index (χ0v) is 8.69. The molecule has 2 aromatic heterocycles. The van der Waals surface area contributed by atoms with Gasteiger partial charge in [-0.25, -0.2) is 4.98 Å². The van der Waals surface area contributed by atoms with Crippen molar-refractivity contribution in [3.63, 3.8) is 0 Å². The van der Waals surface area contributed by atoms with Crippen molar-refractivity contribution >= 4 is 16.9 Å². The molecule has 0 bridgehead atoms. The topological polar surface area (TPSA) is 66.7 Å². The van der Waals surface area contributed by atoms with Gasteiger partial charge in [0.2, 0.25) is 0 Å². The Morgan fingerprint density at radius 2 is 2.25 bits per heavy atom. The summed E-state index contributed by atoms with van der Waals surface area (Å²) in [6.45, 7) is 0. The Kier molecular flexibility index (Phi) is 1.89. The minimum atomic E-state index is 0.776. The molecule has 16 heavy (non-hydrogen) atoms. The van der Waals surface area contributed by atoms with E-state index in [1.807, 2.05) is 31.3 Å². The van der Waals surface area contributed by atoms with Gasteiger partial charge in [-0.05, 0) is 12.1 Å². The number of benzene rings is 1. The number of anilines is 1. The second kappa shape index (κ2) is 3.37. The van der Waals surface area contributed by atoms with E-state index >= 15 is 0 Å². The molecule has 0 radical (unpaired) electrons. The van der Waals surface area contributed by atoms with Crippen molar-refractivity contribution in [2.24, 2.45) is 0 Å². The van der Waals surface area contributed by atoms with Crippen LogP contribution in [0.4, 0.5) is 5.82 Å². The van der Waals surface area contributed by atoms with Crippen LogP contribution in [-0.2, 0) is 0 Å². The van der Waals surface area contributed by atoms with Gasteiger partial charge in [-0.1, -0.05) is 6.07 Å². The lowest BCUT2D eigenvalue weighted by Crippen LogP contribution is -1.85. The second-order valence-electron chi connectivity index (χ2n) is 3.45. The van der Waals surface area contributed by atoms with Gasteiger partial charge in [0.15, 0.2) is 12.0 Å². The van der Waals surface area contributed by atoms with Gasteiger partial charge in [-0.15, -0.1) is 0 Å². The van der Waals surface area contributed by atoms with Gasteiger partial charge >= 0.3 is 0 Å². The molecule has 0 spiro atoms. The highest BCUT2D eigenvalue weighted by Gasteiger charge is 2.05. The maximum Gasteiger partial charge on any atom is 0.181 e. The summed E-state index contributed by atoms with van der Waals surface area (Å²) in [7, 11) is 1.83. The number of hydrogen-bond donors (Lipinski definition) is 2. The van der Waals surface area contributed by atoms with Crippen LogP contribution in [0.25, 0.3) is 22.4 Å². The standard InChI is InChI=1S/C11H10N4O/c1-12-11-5-9(14-15-11)7-2-3-8-10(4-7)16-6-13-8/h2-6H,1H3,(H2,12,14,15). The highest BCUT2D eigenvalue weighted by molar-refractivity contribution is 5.79. The van der Waals surface area contributed by atoms with Crippen molar-refractivity contribution in [3.8, 4) is 11.3 Å². The van der Waals surface area contributed by atoms with Crippen molar-refractivity contribution in [3.05, 3.63) is 30.7 Å². The zero-order valence-electron chi connectivity index (χ0n) is 8.69. The predicted octanol–water partition coefficient (Wildman–Crippen LogP) is 2.26. The number of nitrogens with zero attached hydrogens (tertiary/aromatic N) is 2. The Balaban J connectivity index is 2.10. The number of aromatic nitrogens is 3. The van der Waals surface area contributed by atoms with Gasteiger partial charge < -0.3 is 9.73 Å². The molecule has 2 N–H and O–H groups in total. The minimum Gasteiger partial charge on any atom is -0.443 e. The third kappa shape index (κ3) is 1.33. The van der Waals surface area contributed by atoms with Gasteiger partial charge in [-0.3, -0.25) is 5.10 Å². The van der Waals surface area contributed by atoms with Crippen LogP contribution >= 0.6 is 0 Å². The maximum absolute atomic E-state index is 5.25. The van der Waals surface area contributed by atoms with Crippen LogP contribution in [0.2, 0.25) is 0 Å². The van der Waals surface area contributed by atoms with E-state index in [9.17, 15) is 0 Å². The number of fused-ring (bicyclic) bond motifs is 1. The zero-order chi connectivity index (χ0) is 11.0. The van der Waals surface area contributed by atoms with Crippen LogP contribution in [-0.4, -0.2) is 22.2 Å². The molecule has 0 unspecified atom stereocenters. The molecule has 0 saturated heterocycles. The number of hydrogen-bond acceptors (Lipinski definition) is 4. The molecular formula is C11H10N4O. The summed E-state index contributed by atoms with van der Waals surface area (Å²) < 4.78 is 5.25. The van der Waals surface area contributed by atoms with Crippen molar-refractivity contribution in [2.45, 2.75) is 0 Å². The van der Waals surface area contributed by atoms with Gasteiger partial charge in [0.05, 0.1) is 5.69 Å². The molecule has 2 heterocycles. The summed E-state index contributed by atoms with van der Waals surface area (Å²) in [5.41, 5.74) is 3.61. The Morgan fingerprint density at radius 1 is 1.31 bits per heavy atom. The highest BCUT2D eigenvalue weighted by atomic mass is 16.3.